The molecule has 2 N–H and O–H groups in total. The highest BCUT2D eigenvalue weighted by molar-refractivity contribution is 5.96. The van der Waals surface area contributed by atoms with Gasteiger partial charge in [0.2, 0.25) is 0 Å². The zero-order chi connectivity index (χ0) is 16.4. The largest absolute Gasteiger partial charge is 0.497 e. The van der Waals surface area contributed by atoms with Crippen molar-refractivity contribution in [2.45, 2.75) is 13.0 Å². The van der Waals surface area contributed by atoms with E-state index in [1.807, 2.05) is 0 Å². The molecule has 118 valence electrons. The van der Waals surface area contributed by atoms with Crippen LogP contribution in [0.5, 0.6) is 5.75 Å². The van der Waals surface area contributed by atoms with Gasteiger partial charge in [0, 0.05) is 12.6 Å². The molecule has 1 heterocycles. The molecule has 6 heteroatoms. The highest BCUT2D eigenvalue weighted by atomic mass is 16.5. The lowest BCUT2D eigenvalue weighted by atomic mass is 10.1. The van der Waals surface area contributed by atoms with Gasteiger partial charge in [0.25, 0.3) is 5.91 Å². The third kappa shape index (κ3) is 3.17. The summed E-state index contributed by atoms with van der Waals surface area (Å²) >= 11 is 0. The van der Waals surface area contributed by atoms with Crippen LogP contribution in [0.3, 0.4) is 0 Å². The molecular formula is C17H16N2O4. The van der Waals surface area contributed by atoms with Crippen LogP contribution < -0.4 is 10.1 Å². The molecule has 0 aliphatic carbocycles. The van der Waals surface area contributed by atoms with E-state index in [0.29, 0.717) is 34.0 Å². The van der Waals surface area contributed by atoms with Gasteiger partial charge in [0.1, 0.15) is 11.3 Å². The standard InChI is InChI=1S/C17H16N2O4/c1-10-18-14-9-12(6-7-15(14)23-10)19-17(21)16(20)11-4-3-5-13(8-11)22-2/h3-9,16,20H,1-2H3,(H,19,21). The average molecular weight is 312 g/mol. The van der Waals surface area contributed by atoms with Gasteiger partial charge in [-0.15, -0.1) is 0 Å². The van der Waals surface area contributed by atoms with Crippen molar-refractivity contribution in [1.29, 1.82) is 0 Å². The van der Waals surface area contributed by atoms with Crippen LogP contribution in [0.1, 0.15) is 17.6 Å². The number of ether oxygens (including phenoxy) is 1. The zero-order valence-corrected chi connectivity index (χ0v) is 12.7. The summed E-state index contributed by atoms with van der Waals surface area (Å²) in [6.45, 7) is 1.75. The number of nitrogens with zero attached hydrogens (tertiary/aromatic N) is 1. The first kappa shape index (κ1) is 15.1. The van der Waals surface area contributed by atoms with Gasteiger partial charge in [-0.2, -0.15) is 0 Å². The van der Waals surface area contributed by atoms with Crippen LogP contribution in [0, 0.1) is 6.92 Å². The van der Waals surface area contributed by atoms with Crippen LogP contribution in [0.4, 0.5) is 5.69 Å². The first-order valence-corrected chi connectivity index (χ1v) is 7.07. The summed E-state index contributed by atoms with van der Waals surface area (Å²) in [5.74, 6) is 0.603. The van der Waals surface area contributed by atoms with E-state index in [-0.39, 0.29) is 0 Å². The van der Waals surface area contributed by atoms with Crippen LogP contribution in [0.2, 0.25) is 0 Å². The lowest BCUT2D eigenvalue weighted by Crippen LogP contribution is -2.20. The number of methoxy groups -OCH3 is 1. The first-order valence-electron chi connectivity index (χ1n) is 7.07. The minimum Gasteiger partial charge on any atom is -0.497 e. The summed E-state index contributed by atoms with van der Waals surface area (Å²) in [5, 5.41) is 12.9. The first-order chi connectivity index (χ1) is 11.1. The number of rotatable bonds is 4. The second kappa shape index (κ2) is 6.10. The van der Waals surface area contributed by atoms with Gasteiger partial charge in [0.05, 0.1) is 7.11 Å². The number of benzene rings is 2. The van der Waals surface area contributed by atoms with Crippen LogP contribution >= 0.6 is 0 Å². The van der Waals surface area contributed by atoms with Crippen molar-refractivity contribution in [3.8, 4) is 5.75 Å². The SMILES string of the molecule is COc1cccc(C(O)C(=O)Nc2ccc3oc(C)nc3c2)c1. The fourth-order valence-electron chi connectivity index (χ4n) is 2.29. The minimum absolute atomic E-state index is 0.459. The molecule has 2 aromatic carbocycles. The molecule has 1 amide bonds. The number of carbonyl (C=O) groups excluding carboxylic acids is 1. The van der Waals surface area contributed by atoms with Gasteiger partial charge in [0.15, 0.2) is 17.6 Å². The highest BCUT2D eigenvalue weighted by Gasteiger charge is 2.18. The molecule has 0 aliphatic heterocycles. The van der Waals surface area contributed by atoms with Crippen molar-refractivity contribution in [3.63, 3.8) is 0 Å². The molecule has 0 radical (unpaired) electrons. The number of aryl methyl sites for hydroxylation is 1. The smallest absolute Gasteiger partial charge is 0.257 e. The van der Waals surface area contributed by atoms with Gasteiger partial charge in [-0.25, -0.2) is 4.98 Å². The quantitative estimate of drug-likeness (QED) is 0.774. The maximum atomic E-state index is 12.2. The van der Waals surface area contributed by atoms with Crippen molar-refractivity contribution in [1.82, 2.24) is 4.98 Å². The molecule has 3 aromatic rings. The number of amides is 1. The fourth-order valence-corrected chi connectivity index (χ4v) is 2.29. The van der Waals surface area contributed by atoms with Gasteiger partial charge in [-0.1, -0.05) is 12.1 Å². The van der Waals surface area contributed by atoms with Crippen molar-refractivity contribution in [3.05, 3.63) is 53.9 Å². The number of hydrogen-bond acceptors (Lipinski definition) is 5. The Labute approximate surface area is 132 Å². The molecule has 0 saturated carbocycles. The molecule has 3 rings (SSSR count). The van der Waals surface area contributed by atoms with Crippen molar-refractivity contribution < 1.29 is 19.1 Å². The number of oxazole rings is 1. The van der Waals surface area contributed by atoms with E-state index in [1.54, 1.807) is 49.4 Å². The third-order valence-corrected chi connectivity index (χ3v) is 3.42. The Kier molecular flexibility index (Phi) is 3.99. The van der Waals surface area contributed by atoms with Gasteiger partial charge in [-0.05, 0) is 35.9 Å². The number of carbonyl (C=O) groups is 1. The molecule has 0 saturated heterocycles. The summed E-state index contributed by atoms with van der Waals surface area (Å²) in [7, 11) is 1.53. The Morgan fingerprint density at radius 2 is 2.13 bits per heavy atom. The zero-order valence-electron chi connectivity index (χ0n) is 12.7. The summed E-state index contributed by atoms with van der Waals surface area (Å²) < 4.78 is 10.5. The summed E-state index contributed by atoms with van der Waals surface area (Å²) in [6, 6.07) is 11.9. The Bertz CT molecular complexity index is 857. The Balaban J connectivity index is 1.78. The van der Waals surface area contributed by atoms with E-state index in [0.717, 1.165) is 0 Å². The van der Waals surface area contributed by atoms with Crippen LogP contribution in [-0.4, -0.2) is 23.1 Å². The molecule has 1 unspecified atom stereocenters. The number of aliphatic hydroxyl groups is 1. The maximum absolute atomic E-state index is 12.2. The number of aliphatic hydroxyl groups excluding tert-OH is 1. The Hall–Kier alpha value is -2.86. The molecule has 0 bridgehead atoms. The molecule has 0 aliphatic rings. The number of nitrogens with one attached hydrogen (secondary N) is 1. The lowest BCUT2D eigenvalue weighted by Gasteiger charge is -2.12. The monoisotopic (exact) mass is 312 g/mol. The van der Waals surface area contributed by atoms with E-state index in [4.69, 9.17) is 9.15 Å². The van der Waals surface area contributed by atoms with E-state index in [2.05, 4.69) is 10.3 Å². The van der Waals surface area contributed by atoms with E-state index in [9.17, 15) is 9.90 Å². The second-order valence-corrected chi connectivity index (χ2v) is 5.08. The summed E-state index contributed by atoms with van der Waals surface area (Å²) in [6.07, 6.45) is -1.29. The van der Waals surface area contributed by atoms with Crippen molar-refractivity contribution in [2.75, 3.05) is 12.4 Å². The van der Waals surface area contributed by atoms with Gasteiger partial charge >= 0.3 is 0 Å². The van der Waals surface area contributed by atoms with Crippen LogP contribution in [-0.2, 0) is 4.79 Å². The fraction of sp³-hybridized carbons (Fsp3) is 0.176. The second-order valence-electron chi connectivity index (χ2n) is 5.08. The van der Waals surface area contributed by atoms with E-state index in [1.165, 1.54) is 7.11 Å². The molecule has 23 heavy (non-hydrogen) atoms. The normalized spacial score (nSPS) is 12.1. The molecule has 1 atom stereocenters. The minimum atomic E-state index is -1.29. The maximum Gasteiger partial charge on any atom is 0.257 e. The lowest BCUT2D eigenvalue weighted by molar-refractivity contribution is -0.124. The van der Waals surface area contributed by atoms with Gasteiger partial charge in [-0.3, -0.25) is 4.79 Å². The molecule has 0 spiro atoms. The van der Waals surface area contributed by atoms with E-state index < -0.39 is 12.0 Å². The molecule has 0 fully saturated rings. The predicted molar refractivity (Wildman–Crippen MR) is 85.3 cm³/mol. The molecule has 1 aromatic heterocycles. The van der Waals surface area contributed by atoms with Crippen molar-refractivity contribution >= 4 is 22.7 Å². The summed E-state index contributed by atoms with van der Waals surface area (Å²) in [5.41, 5.74) is 2.29. The number of anilines is 1. The number of aromatic nitrogens is 1. The number of hydrogen-bond donors (Lipinski definition) is 2. The van der Waals surface area contributed by atoms with Crippen LogP contribution in [0.15, 0.2) is 46.9 Å². The van der Waals surface area contributed by atoms with Gasteiger partial charge < -0.3 is 19.6 Å². The van der Waals surface area contributed by atoms with E-state index >= 15 is 0 Å². The van der Waals surface area contributed by atoms with Crippen molar-refractivity contribution in [2.24, 2.45) is 0 Å². The summed E-state index contributed by atoms with van der Waals surface area (Å²) in [4.78, 5) is 16.4. The Morgan fingerprint density at radius 3 is 2.91 bits per heavy atom. The highest BCUT2D eigenvalue weighted by Crippen LogP contribution is 2.23. The molecular weight excluding hydrogens is 296 g/mol. The predicted octanol–water partition coefficient (Wildman–Crippen LogP) is 2.82. The molecule has 6 nitrogen and oxygen atoms in total. The Morgan fingerprint density at radius 1 is 1.30 bits per heavy atom. The number of fused-ring (bicyclic) bond motifs is 1. The van der Waals surface area contributed by atoms with Crippen LogP contribution in [0.25, 0.3) is 11.1 Å². The topological polar surface area (TPSA) is 84.6 Å². The third-order valence-electron chi connectivity index (χ3n) is 3.42. The average Bonchev–Trinajstić information content (AvgIpc) is 2.93.